The summed E-state index contributed by atoms with van der Waals surface area (Å²) >= 11 is 0. The van der Waals surface area contributed by atoms with Crippen molar-refractivity contribution in [1.29, 1.82) is 0 Å². The number of benzene rings is 3. The van der Waals surface area contributed by atoms with E-state index in [0.717, 1.165) is 11.8 Å². The number of rotatable bonds is 16. The predicted molar refractivity (Wildman–Crippen MR) is 310 cm³/mol. The van der Waals surface area contributed by atoms with E-state index < -0.39 is 61.7 Å². The monoisotopic (exact) mass is 1150 g/mol. The number of aromatic amines is 2. The number of nitrogens with one attached hydrogen (secondary N) is 7. The zero-order valence-electron chi connectivity index (χ0n) is 47.3. The molecular formula is C53H76N10O15P2. The molecule has 2 atom stereocenters. The number of nitrogens with two attached hydrogens (primary N) is 1. The first-order valence-electron chi connectivity index (χ1n) is 24.5. The molecule has 5 aromatic rings. The van der Waals surface area contributed by atoms with Crippen LogP contribution >= 0.6 is 14.7 Å². The highest BCUT2D eigenvalue weighted by Crippen LogP contribution is 2.42. The number of carbonyl (C=O) groups excluding carboxylic acids is 6. The minimum atomic E-state index is -2.98. The number of aromatic nitrogens is 4. The van der Waals surface area contributed by atoms with E-state index in [9.17, 15) is 42.7 Å². The summed E-state index contributed by atoms with van der Waals surface area (Å²) in [6, 6.07) is 20.6. The summed E-state index contributed by atoms with van der Waals surface area (Å²) in [5.41, 5.74) is 8.09. The first-order valence-corrected chi connectivity index (χ1v) is 29.0. The molecule has 0 bridgehead atoms. The highest BCUT2D eigenvalue weighted by atomic mass is 31.2. The van der Waals surface area contributed by atoms with Crippen LogP contribution in [-0.2, 0) is 46.8 Å². The minimum absolute atomic E-state index is 0.235. The molecule has 438 valence electrons. The number of carboxylic acid groups (broad SMARTS) is 1. The Balaban J connectivity index is 0.000000532. The van der Waals surface area contributed by atoms with Crippen LogP contribution in [0.15, 0.2) is 104 Å². The summed E-state index contributed by atoms with van der Waals surface area (Å²) in [5, 5.41) is 33.8. The smallest absolute Gasteiger partial charge is 0.412 e. The van der Waals surface area contributed by atoms with Gasteiger partial charge in [0.15, 0.2) is 6.29 Å². The number of aldehydes is 1. The molecule has 0 spiro atoms. The maximum Gasteiger partial charge on any atom is 0.412 e. The Morgan fingerprint density at radius 3 is 1.29 bits per heavy atom. The lowest BCUT2D eigenvalue weighted by Crippen LogP contribution is -2.27. The van der Waals surface area contributed by atoms with E-state index >= 15 is 0 Å². The Morgan fingerprint density at radius 2 is 0.938 bits per heavy atom. The number of amides is 5. The van der Waals surface area contributed by atoms with Crippen LogP contribution in [0.25, 0.3) is 6.08 Å². The molecule has 3 aromatic carbocycles. The van der Waals surface area contributed by atoms with Crippen LogP contribution in [0.2, 0.25) is 0 Å². The maximum atomic E-state index is 12.1. The van der Waals surface area contributed by atoms with Crippen LogP contribution in [0.4, 0.5) is 48.5 Å². The van der Waals surface area contributed by atoms with Gasteiger partial charge in [-0.15, -0.1) is 0 Å². The fourth-order valence-corrected chi connectivity index (χ4v) is 7.98. The molecule has 0 radical (unpaired) electrons. The third kappa shape index (κ3) is 33.9. The van der Waals surface area contributed by atoms with Gasteiger partial charge in [0.1, 0.15) is 29.1 Å². The SMILES string of the molecule is CC(C)(C)OC(=O)Nc1ccccc1N.CC(C)(C)OC(=O)Nc1ccccc1NC(=O)/C=C/c1cn[nH]c1.CCOP(C)(=O)CC(=O)Nc1ccccc1NC(=O)OC(C)(C)C.CCOP(C)(=O)CC(=O)O.O=Cc1cn[nH]c1. The molecule has 5 amide bonds. The van der Waals surface area contributed by atoms with E-state index in [1.807, 2.05) is 0 Å². The van der Waals surface area contributed by atoms with Crippen molar-refractivity contribution in [2.24, 2.45) is 0 Å². The number of carbonyl (C=O) groups is 7. The molecule has 0 aliphatic carbocycles. The number of hydrogen-bond acceptors (Lipinski definition) is 17. The van der Waals surface area contributed by atoms with Gasteiger partial charge in [0.05, 0.1) is 65.3 Å². The Morgan fingerprint density at radius 1 is 0.575 bits per heavy atom. The Hall–Kier alpha value is -8.11. The molecule has 0 aliphatic rings. The standard InChI is InChI=1S/C17H20N4O3.C16H25N2O5P.C11H16N2O2.C5H11O4P.C4H4N2O/c1-17(2,3)24-16(23)21-14-7-5-4-6-13(14)20-15(22)9-8-12-10-18-19-11-12;1-6-22-24(5,21)11-14(19)17-12-9-7-8-10-13(12)18-15(20)23-16(2,3)4;1-11(2,3)15-10(14)13-9-7-5-4-6-8(9)12;1-3-9-10(2,8)4-5(6)7;7-3-4-1-5-6-2-4/h4-11H,1-3H3,(H,18,19)(H,20,22)(H,21,23);7-10H,6,11H2,1-5H3,(H,17,19)(H,18,20);4-7H,12H2,1-3H3,(H,13,14);3-4H2,1-2H3,(H,6,7);1-3H,(H,5,6)/b9-8+;;;;. The van der Waals surface area contributed by atoms with Gasteiger partial charge in [-0.05, 0) is 119 Å². The fraction of sp³-hybridized carbons (Fsp3) is 0.377. The second-order valence-electron chi connectivity index (χ2n) is 19.7. The molecule has 80 heavy (non-hydrogen) atoms. The van der Waals surface area contributed by atoms with Crippen molar-refractivity contribution in [2.75, 3.05) is 71.2 Å². The largest absolute Gasteiger partial charge is 0.481 e. The van der Waals surface area contributed by atoms with E-state index in [4.69, 9.17) is 34.1 Å². The predicted octanol–water partition coefficient (Wildman–Crippen LogP) is 11.2. The van der Waals surface area contributed by atoms with E-state index in [1.54, 1.807) is 167 Å². The minimum Gasteiger partial charge on any atom is -0.481 e. The molecule has 2 unspecified atom stereocenters. The van der Waals surface area contributed by atoms with Gasteiger partial charge >= 0.3 is 24.2 Å². The lowest BCUT2D eigenvalue weighted by atomic mass is 10.2. The summed E-state index contributed by atoms with van der Waals surface area (Å²) in [5.74, 6) is -1.86. The second-order valence-corrected chi connectivity index (χ2v) is 24.9. The third-order valence-corrected chi connectivity index (χ3v) is 11.8. The number of H-pyrrole nitrogens is 2. The van der Waals surface area contributed by atoms with Gasteiger partial charge in [0.2, 0.25) is 26.6 Å². The molecule has 0 aliphatic heterocycles. The average Bonchev–Trinajstić information content (AvgIpc) is 4.05. The number of nitrogens with zero attached hydrogens (tertiary/aromatic N) is 2. The van der Waals surface area contributed by atoms with Crippen molar-refractivity contribution in [1.82, 2.24) is 20.4 Å². The number of hydrogen-bond donors (Lipinski definition) is 9. The van der Waals surface area contributed by atoms with Crippen LogP contribution in [0.1, 0.15) is 92.1 Å². The zero-order valence-corrected chi connectivity index (χ0v) is 49.1. The number of aliphatic carboxylic acids is 1. The molecular weight excluding hydrogens is 1080 g/mol. The summed E-state index contributed by atoms with van der Waals surface area (Å²) in [6.45, 7) is 22.7. The van der Waals surface area contributed by atoms with Crippen LogP contribution in [0.3, 0.4) is 0 Å². The van der Waals surface area contributed by atoms with Crippen molar-refractivity contribution in [3.05, 3.63) is 115 Å². The van der Waals surface area contributed by atoms with Gasteiger partial charge in [-0.25, -0.2) is 14.4 Å². The normalized spacial score (nSPS) is 12.3. The quantitative estimate of drug-likeness (QED) is 0.0146. The van der Waals surface area contributed by atoms with Crippen LogP contribution in [0, 0.1) is 0 Å². The van der Waals surface area contributed by atoms with Crippen molar-refractivity contribution in [3.63, 3.8) is 0 Å². The number of carboxylic acids is 1. The summed E-state index contributed by atoms with van der Waals surface area (Å²) in [4.78, 5) is 79.0. The third-order valence-electron chi connectivity index (χ3n) is 8.51. The molecule has 2 aromatic heterocycles. The van der Waals surface area contributed by atoms with Gasteiger partial charge in [-0.3, -0.25) is 54.5 Å². The van der Waals surface area contributed by atoms with Gasteiger partial charge in [-0.2, -0.15) is 10.2 Å². The fourth-order valence-electron chi connectivity index (χ4n) is 5.61. The number of nitrogen functional groups attached to an aromatic ring is 1. The van der Waals surface area contributed by atoms with Crippen molar-refractivity contribution < 1.29 is 71.1 Å². The topological polar surface area (TPSA) is 364 Å². The van der Waals surface area contributed by atoms with Crippen LogP contribution in [0.5, 0.6) is 0 Å². The molecule has 10 N–H and O–H groups in total. The van der Waals surface area contributed by atoms with E-state index in [-0.39, 0.29) is 24.8 Å². The average molecular weight is 1160 g/mol. The summed E-state index contributed by atoms with van der Waals surface area (Å²) in [6.07, 6.45) is 7.69. The van der Waals surface area contributed by atoms with Crippen LogP contribution < -0.4 is 32.3 Å². The van der Waals surface area contributed by atoms with Gasteiger partial charge < -0.3 is 44.7 Å². The lowest BCUT2D eigenvalue weighted by Gasteiger charge is -2.20. The Labute approximate surface area is 466 Å². The van der Waals surface area contributed by atoms with Crippen molar-refractivity contribution in [3.8, 4) is 0 Å². The second kappa shape index (κ2) is 34.0. The Bertz CT molecular complexity index is 2880. The molecule has 27 heteroatoms. The van der Waals surface area contributed by atoms with E-state index in [2.05, 4.69) is 47.0 Å². The first-order chi connectivity index (χ1) is 37.1. The summed E-state index contributed by atoms with van der Waals surface area (Å²) < 4.78 is 48.4. The number of para-hydroxylation sites is 6. The molecule has 25 nitrogen and oxygen atoms in total. The highest BCUT2D eigenvalue weighted by molar-refractivity contribution is 7.59. The summed E-state index contributed by atoms with van der Waals surface area (Å²) in [7, 11) is -5.83. The molecule has 0 saturated heterocycles. The van der Waals surface area contributed by atoms with Crippen molar-refractivity contribution >= 4 is 97.3 Å². The molecule has 5 rings (SSSR count). The van der Waals surface area contributed by atoms with Crippen LogP contribution in [-0.4, -0.2) is 124 Å². The van der Waals surface area contributed by atoms with Gasteiger partial charge in [0, 0.05) is 37.4 Å². The first kappa shape index (κ1) is 69.9. The van der Waals surface area contributed by atoms with E-state index in [0.29, 0.717) is 46.3 Å². The zero-order chi connectivity index (χ0) is 60.7. The van der Waals surface area contributed by atoms with E-state index in [1.165, 1.54) is 31.8 Å². The van der Waals surface area contributed by atoms with Crippen molar-refractivity contribution in [2.45, 2.75) is 93.0 Å². The highest BCUT2D eigenvalue weighted by Gasteiger charge is 2.23. The number of ether oxygens (including phenoxy) is 3. The molecule has 2 heterocycles. The lowest BCUT2D eigenvalue weighted by molar-refractivity contribution is -0.134. The molecule has 0 fully saturated rings. The maximum absolute atomic E-state index is 12.1. The Kier molecular flexibility index (Phi) is 29.7. The molecule has 0 saturated carbocycles. The van der Waals surface area contributed by atoms with Gasteiger partial charge in [0.25, 0.3) is 0 Å². The number of anilines is 6. The van der Waals surface area contributed by atoms with Gasteiger partial charge in [-0.1, -0.05) is 36.4 Å².